The highest BCUT2D eigenvalue weighted by molar-refractivity contribution is 5.96. The number of hydrogen-bond acceptors (Lipinski definition) is 3. The van der Waals surface area contributed by atoms with Crippen LogP contribution in [-0.4, -0.2) is 36.6 Å². The molecule has 0 bridgehead atoms. The zero-order chi connectivity index (χ0) is 13.5. The highest BCUT2D eigenvalue weighted by Crippen LogP contribution is 2.49. The maximum Gasteiger partial charge on any atom is 0.314 e. The number of benzene rings is 1. The van der Waals surface area contributed by atoms with Crippen LogP contribution in [-0.2, 0) is 15.0 Å². The second kappa shape index (κ2) is 4.35. The molecule has 100 valence electrons. The molecule has 2 N–H and O–H groups in total. The highest BCUT2D eigenvalue weighted by Gasteiger charge is 2.51. The van der Waals surface area contributed by atoms with Crippen LogP contribution in [0.5, 0.6) is 0 Å². The average Bonchev–Trinajstić information content (AvgIpc) is 3.21. The molecule has 0 radical (unpaired) electrons. The van der Waals surface area contributed by atoms with Crippen LogP contribution in [0.3, 0.4) is 0 Å². The van der Waals surface area contributed by atoms with E-state index in [9.17, 15) is 14.7 Å². The van der Waals surface area contributed by atoms with Gasteiger partial charge in [0.1, 0.15) is 0 Å². The van der Waals surface area contributed by atoms with Crippen molar-refractivity contribution in [1.82, 2.24) is 5.32 Å². The normalized spacial score (nSPS) is 21.3. The molecule has 0 aromatic heterocycles. The molecule has 5 nitrogen and oxygen atoms in total. The molecule has 0 spiro atoms. The minimum absolute atomic E-state index is 0.0311. The van der Waals surface area contributed by atoms with E-state index >= 15 is 0 Å². The molecule has 2 aliphatic rings. The summed E-state index contributed by atoms with van der Waals surface area (Å²) in [5.41, 5.74) is 0.896. The van der Waals surface area contributed by atoms with Gasteiger partial charge in [0, 0.05) is 18.8 Å². The number of hydrogen-bond donors (Lipinski definition) is 2. The third-order valence-corrected chi connectivity index (χ3v) is 3.96. The lowest BCUT2D eigenvalue weighted by Crippen LogP contribution is -2.48. The largest absolute Gasteiger partial charge is 0.481 e. The van der Waals surface area contributed by atoms with Crippen molar-refractivity contribution in [3.8, 4) is 0 Å². The first kappa shape index (κ1) is 12.2. The van der Waals surface area contributed by atoms with E-state index in [2.05, 4.69) is 5.32 Å². The summed E-state index contributed by atoms with van der Waals surface area (Å²) in [6, 6.07) is 7.40. The summed E-state index contributed by atoms with van der Waals surface area (Å²) in [7, 11) is 0. The average molecular weight is 260 g/mol. The number of rotatable bonds is 3. The molecule has 0 atom stereocenters. The number of carbonyl (C=O) groups excluding carboxylic acids is 1. The monoisotopic (exact) mass is 260 g/mol. The van der Waals surface area contributed by atoms with Crippen molar-refractivity contribution in [2.75, 3.05) is 24.5 Å². The van der Waals surface area contributed by atoms with Crippen molar-refractivity contribution in [3.05, 3.63) is 29.8 Å². The van der Waals surface area contributed by atoms with E-state index in [1.165, 1.54) is 0 Å². The van der Waals surface area contributed by atoms with Crippen molar-refractivity contribution in [3.63, 3.8) is 0 Å². The molecule has 5 heteroatoms. The van der Waals surface area contributed by atoms with Gasteiger partial charge < -0.3 is 15.3 Å². The van der Waals surface area contributed by atoms with E-state index in [1.54, 1.807) is 4.90 Å². The Labute approximate surface area is 111 Å². The van der Waals surface area contributed by atoms with Gasteiger partial charge in [0.15, 0.2) is 0 Å². The number of aliphatic carboxylic acids is 1. The lowest BCUT2D eigenvalue weighted by atomic mass is 9.95. The Morgan fingerprint density at radius 3 is 2.79 bits per heavy atom. The maximum atomic E-state index is 11.9. The lowest BCUT2D eigenvalue weighted by molar-refractivity contribution is -0.140. The molecule has 1 heterocycles. The number of nitrogens with one attached hydrogen (secondary N) is 1. The van der Waals surface area contributed by atoms with Gasteiger partial charge in [-0.3, -0.25) is 9.59 Å². The highest BCUT2D eigenvalue weighted by atomic mass is 16.4. The second-order valence-electron chi connectivity index (χ2n) is 5.16. The molecule has 0 unspecified atom stereocenters. The fourth-order valence-electron chi connectivity index (χ4n) is 2.60. The maximum absolute atomic E-state index is 11.9. The van der Waals surface area contributed by atoms with Crippen LogP contribution < -0.4 is 10.2 Å². The number of amides is 1. The second-order valence-corrected chi connectivity index (χ2v) is 5.16. The zero-order valence-electron chi connectivity index (χ0n) is 10.6. The molecule has 1 aliphatic heterocycles. The van der Waals surface area contributed by atoms with Crippen molar-refractivity contribution in [2.45, 2.75) is 18.3 Å². The van der Waals surface area contributed by atoms with E-state index in [1.807, 2.05) is 24.3 Å². The molecule has 1 saturated carbocycles. The fourth-order valence-corrected chi connectivity index (χ4v) is 2.60. The van der Waals surface area contributed by atoms with E-state index in [0.29, 0.717) is 25.9 Å². The SMILES string of the molecule is O=C1CNCCN1c1cccc(C2(C(=O)O)CC2)c1. The van der Waals surface area contributed by atoms with Gasteiger partial charge in [0.05, 0.1) is 12.0 Å². The first-order chi connectivity index (χ1) is 9.13. The molecule has 3 rings (SSSR count). The molecular weight excluding hydrogens is 244 g/mol. The summed E-state index contributed by atoms with van der Waals surface area (Å²) in [6.45, 7) is 1.73. The summed E-state index contributed by atoms with van der Waals surface area (Å²) in [5, 5.41) is 12.3. The van der Waals surface area contributed by atoms with Crippen LogP contribution in [0.25, 0.3) is 0 Å². The number of anilines is 1. The standard InChI is InChI=1S/C14H16N2O3/c17-12-9-15-6-7-16(12)11-3-1-2-10(8-11)14(4-5-14)13(18)19/h1-3,8,15H,4-7,9H2,(H,18,19). The third-order valence-electron chi connectivity index (χ3n) is 3.96. The van der Waals surface area contributed by atoms with Crippen molar-refractivity contribution < 1.29 is 14.7 Å². The van der Waals surface area contributed by atoms with Gasteiger partial charge in [-0.15, -0.1) is 0 Å². The number of piperazine rings is 1. The minimum atomic E-state index is -0.767. The summed E-state index contributed by atoms with van der Waals surface area (Å²) >= 11 is 0. The van der Waals surface area contributed by atoms with Crippen LogP contribution in [0.4, 0.5) is 5.69 Å². The van der Waals surface area contributed by atoms with Crippen molar-refractivity contribution in [1.29, 1.82) is 0 Å². The van der Waals surface area contributed by atoms with Crippen molar-refractivity contribution >= 4 is 17.6 Å². The first-order valence-corrected chi connectivity index (χ1v) is 6.48. The number of nitrogens with zero attached hydrogens (tertiary/aromatic N) is 1. The summed E-state index contributed by atoms with van der Waals surface area (Å²) in [5.74, 6) is -0.736. The van der Waals surface area contributed by atoms with Crippen LogP contribution in [0.1, 0.15) is 18.4 Å². The smallest absolute Gasteiger partial charge is 0.314 e. The number of carbonyl (C=O) groups is 2. The zero-order valence-corrected chi connectivity index (χ0v) is 10.6. The number of carboxylic acid groups (broad SMARTS) is 1. The van der Waals surface area contributed by atoms with Crippen LogP contribution in [0, 0.1) is 0 Å². The van der Waals surface area contributed by atoms with E-state index in [4.69, 9.17) is 0 Å². The predicted octanol–water partition coefficient (Wildman–Crippen LogP) is 0.739. The quantitative estimate of drug-likeness (QED) is 0.841. The topological polar surface area (TPSA) is 69.6 Å². The van der Waals surface area contributed by atoms with Gasteiger partial charge >= 0.3 is 5.97 Å². The van der Waals surface area contributed by atoms with Crippen molar-refractivity contribution in [2.24, 2.45) is 0 Å². The molecule has 1 aromatic rings. The summed E-state index contributed by atoms with van der Waals surface area (Å²) in [6.07, 6.45) is 1.36. The summed E-state index contributed by atoms with van der Waals surface area (Å²) in [4.78, 5) is 24.9. The van der Waals surface area contributed by atoms with Gasteiger partial charge in [-0.1, -0.05) is 12.1 Å². The molecule has 1 saturated heterocycles. The van der Waals surface area contributed by atoms with E-state index < -0.39 is 11.4 Å². The Morgan fingerprint density at radius 1 is 1.37 bits per heavy atom. The molecule has 1 aliphatic carbocycles. The van der Waals surface area contributed by atoms with Gasteiger partial charge in [-0.05, 0) is 30.5 Å². The first-order valence-electron chi connectivity index (χ1n) is 6.48. The Morgan fingerprint density at radius 2 is 2.16 bits per heavy atom. The van der Waals surface area contributed by atoms with Crippen LogP contribution >= 0.6 is 0 Å². The molecule has 1 amide bonds. The van der Waals surface area contributed by atoms with Crippen LogP contribution in [0.2, 0.25) is 0 Å². The number of carboxylic acids is 1. The van der Waals surface area contributed by atoms with Gasteiger partial charge in [0.25, 0.3) is 0 Å². The Kier molecular flexibility index (Phi) is 2.78. The minimum Gasteiger partial charge on any atom is -0.481 e. The van der Waals surface area contributed by atoms with Crippen LogP contribution in [0.15, 0.2) is 24.3 Å². The third kappa shape index (κ3) is 2.00. The Balaban J connectivity index is 1.92. The molecule has 2 fully saturated rings. The fraction of sp³-hybridized carbons (Fsp3) is 0.429. The van der Waals surface area contributed by atoms with Gasteiger partial charge in [-0.2, -0.15) is 0 Å². The Hall–Kier alpha value is -1.88. The van der Waals surface area contributed by atoms with Gasteiger partial charge in [0.2, 0.25) is 5.91 Å². The van der Waals surface area contributed by atoms with E-state index in [-0.39, 0.29) is 5.91 Å². The molecular formula is C14H16N2O3. The van der Waals surface area contributed by atoms with E-state index in [0.717, 1.165) is 17.8 Å². The lowest BCUT2D eigenvalue weighted by Gasteiger charge is -2.28. The Bertz CT molecular complexity index is 537. The van der Waals surface area contributed by atoms with Gasteiger partial charge in [-0.25, -0.2) is 0 Å². The molecule has 1 aromatic carbocycles. The predicted molar refractivity (Wildman–Crippen MR) is 70.2 cm³/mol. The summed E-state index contributed by atoms with van der Waals surface area (Å²) < 4.78 is 0. The molecule has 19 heavy (non-hydrogen) atoms.